The van der Waals surface area contributed by atoms with E-state index in [2.05, 4.69) is 10.9 Å². The fourth-order valence-corrected chi connectivity index (χ4v) is 3.95. The predicted molar refractivity (Wildman–Crippen MR) is 106 cm³/mol. The molecule has 0 aliphatic carbocycles. The maximum atomic E-state index is 12.1. The van der Waals surface area contributed by atoms with Gasteiger partial charge in [-0.25, -0.2) is 0 Å². The van der Waals surface area contributed by atoms with Gasteiger partial charge in [0.25, 0.3) is 0 Å². The number of thiophene rings is 1. The number of rotatable bonds is 7. The van der Waals surface area contributed by atoms with Crippen LogP contribution < -0.4 is 10.9 Å². The number of thioether (sulfide) groups is 1. The highest BCUT2D eigenvalue weighted by atomic mass is 35.5. The SMILES string of the molecule is Cc1cc(C(=O)CCC(=O)NNC(=O)CSc2ccc(Cl)cc2)c(C)s1. The van der Waals surface area contributed by atoms with Crippen molar-refractivity contribution in [2.45, 2.75) is 31.6 Å². The van der Waals surface area contributed by atoms with Gasteiger partial charge < -0.3 is 0 Å². The van der Waals surface area contributed by atoms with Gasteiger partial charge in [0, 0.05) is 38.1 Å². The van der Waals surface area contributed by atoms with Gasteiger partial charge in [-0.2, -0.15) is 0 Å². The van der Waals surface area contributed by atoms with E-state index in [-0.39, 0.29) is 30.3 Å². The zero-order chi connectivity index (χ0) is 19.1. The Morgan fingerprint density at radius 1 is 1.04 bits per heavy atom. The Kier molecular flexibility index (Phi) is 7.68. The Hall–Kier alpha value is -1.83. The highest BCUT2D eigenvalue weighted by Crippen LogP contribution is 2.22. The summed E-state index contributed by atoms with van der Waals surface area (Å²) in [5, 5.41) is 0.633. The van der Waals surface area contributed by atoms with E-state index in [1.807, 2.05) is 32.0 Å². The van der Waals surface area contributed by atoms with Gasteiger partial charge in [0.1, 0.15) is 0 Å². The fraction of sp³-hybridized carbons (Fsp3) is 0.278. The van der Waals surface area contributed by atoms with Crippen molar-refractivity contribution in [3.05, 3.63) is 50.7 Å². The van der Waals surface area contributed by atoms with Crippen molar-refractivity contribution >= 4 is 52.3 Å². The molecule has 138 valence electrons. The molecule has 1 aromatic carbocycles. The van der Waals surface area contributed by atoms with Gasteiger partial charge in [0.2, 0.25) is 11.8 Å². The van der Waals surface area contributed by atoms with E-state index < -0.39 is 5.91 Å². The van der Waals surface area contributed by atoms with E-state index in [1.54, 1.807) is 23.5 Å². The number of hydrazine groups is 1. The average Bonchev–Trinajstić information content (AvgIpc) is 2.95. The summed E-state index contributed by atoms with van der Waals surface area (Å²) in [6.07, 6.45) is 0.135. The lowest BCUT2D eigenvalue weighted by molar-refractivity contribution is -0.127. The summed E-state index contributed by atoms with van der Waals surface area (Å²) in [5.41, 5.74) is 5.35. The molecule has 0 saturated heterocycles. The molecule has 2 aromatic rings. The van der Waals surface area contributed by atoms with Crippen LogP contribution in [0.25, 0.3) is 0 Å². The Labute approximate surface area is 165 Å². The van der Waals surface area contributed by atoms with Crippen molar-refractivity contribution in [3.8, 4) is 0 Å². The summed E-state index contributed by atoms with van der Waals surface area (Å²) in [5.74, 6) is -0.623. The van der Waals surface area contributed by atoms with Crippen LogP contribution in [0.2, 0.25) is 5.02 Å². The topological polar surface area (TPSA) is 75.3 Å². The maximum absolute atomic E-state index is 12.1. The van der Waals surface area contributed by atoms with E-state index in [0.29, 0.717) is 10.6 Å². The van der Waals surface area contributed by atoms with Crippen LogP contribution in [0.1, 0.15) is 33.0 Å². The van der Waals surface area contributed by atoms with E-state index in [4.69, 9.17) is 11.6 Å². The van der Waals surface area contributed by atoms with Gasteiger partial charge in [-0.3, -0.25) is 25.2 Å². The molecule has 5 nitrogen and oxygen atoms in total. The quantitative estimate of drug-likeness (QED) is 0.412. The van der Waals surface area contributed by atoms with Gasteiger partial charge in [-0.05, 0) is 44.2 Å². The Balaban J connectivity index is 1.67. The lowest BCUT2D eigenvalue weighted by Crippen LogP contribution is -2.42. The average molecular weight is 411 g/mol. The molecule has 0 unspecified atom stereocenters. The standard InChI is InChI=1S/C18H19ClN2O3S2/c1-11-9-15(12(2)26-11)16(22)7-8-17(23)20-21-18(24)10-25-14-5-3-13(19)4-6-14/h3-6,9H,7-8,10H2,1-2H3,(H,20,23)(H,21,24). The first-order valence-electron chi connectivity index (χ1n) is 7.91. The molecule has 26 heavy (non-hydrogen) atoms. The summed E-state index contributed by atoms with van der Waals surface area (Å²) in [6.45, 7) is 3.84. The molecule has 0 atom stereocenters. The third-order valence-corrected chi connectivity index (χ3v) is 5.68. The molecule has 8 heteroatoms. The van der Waals surface area contributed by atoms with Gasteiger partial charge >= 0.3 is 0 Å². The van der Waals surface area contributed by atoms with Crippen LogP contribution in [0, 0.1) is 13.8 Å². The summed E-state index contributed by atoms with van der Waals surface area (Å²) in [4.78, 5) is 38.6. The number of nitrogens with one attached hydrogen (secondary N) is 2. The predicted octanol–water partition coefficient (Wildman–Crippen LogP) is 3.92. The largest absolute Gasteiger partial charge is 0.294 e. The van der Waals surface area contributed by atoms with Crippen molar-refractivity contribution in [2.24, 2.45) is 0 Å². The molecule has 0 saturated carbocycles. The fourth-order valence-electron chi connectivity index (χ4n) is 2.19. The Bertz CT molecular complexity index is 803. The number of hydrogen-bond donors (Lipinski definition) is 2. The first-order valence-corrected chi connectivity index (χ1v) is 10.1. The highest BCUT2D eigenvalue weighted by molar-refractivity contribution is 8.00. The number of halogens is 1. The zero-order valence-corrected chi connectivity index (χ0v) is 16.8. The molecule has 1 heterocycles. The minimum absolute atomic E-state index is 0.0256. The summed E-state index contributed by atoms with van der Waals surface area (Å²) < 4.78 is 0. The van der Waals surface area contributed by atoms with E-state index in [1.165, 1.54) is 11.8 Å². The zero-order valence-electron chi connectivity index (χ0n) is 14.4. The third kappa shape index (κ3) is 6.48. The second-order valence-electron chi connectivity index (χ2n) is 5.59. The number of benzene rings is 1. The summed E-state index contributed by atoms with van der Waals surface area (Å²) in [6, 6.07) is 8.97. The highest BCUT2D eigenvalue weighted by Gasteiger charge is 2.14. The van der Waals surface area contributed by atoms with Crippen LogP contribution in [0.15, 0.2) is 35.2 Å². The molecule has 1 aromatic heterocycles. The first-order chi connectivity index (χ1) is 12.3. The summed E-state index contributed by atoms with van der Waals surface area (Å²) in [7, 11) is 0. The minimum Gasteiger partial charge on any atom is -0.294 e. The molecule has 0 fully saturated rings. The molecule has 0 spiro atoms. The Morgan fingerprint density at radius 2 is 1.69 bits per heavy atom. The molecule has 2 rings (SSSR count). The molecule has 0 aliphatic heterocycles. The molecule has 2 N–H and O–H groups in total. The van der Waals surface area contributed by atoms with Gasteiger partial charge in [0.15, 0.2) is 5.78 Å². The monoisotopic (exact) mass is 410 g/mol. The maximum Gasteiger partial charge on any atom is 0.248 e. The molecule has 2 amide bonds. The number of carbonyl (C=O) groups is 3. The molecule has 0 bridgehead atoms. The molecular formula is C18H19ClN2O3S2. The normalized spacial score (nSPS) is 10.4. The smallest absolute Gasteiger partial charge is 0.248 e. The van der Waals surface area contributed by atoms with Crippen LogP contribution in [0.3, 0.4) is 0 Å². The van der Waals surface area contributed by atoms with E-state index in [0.717, 1.165) is 14.6 Å². The number of hydrogen-bond acceptors (Lipinski definition) is 5. The van der Waals surface area contributed by atoms with Crippen molar-refractivity contribution < 1.29 is 14.4 Å². The summed E-state index contributed by atoms with van der Waals surface area (Å²) >= 11 is 8.70. The molecular weight excluding hydrogens is 392 g/mol. The van der Waals surface area contributed by atoms with Crippen LogP contribution in [-0.4, -0.2) is 23.4 Å². The van der Waals surface area contributed by atoms with Crippen LogP contribution in [0.4, 0.5) is 0 Å². The third-order valence-electron chi connectivity index (χ3n) is 3.45. The van der Waals surface area contributed by atoms with Crippen LogP contribution >= 0.6 is 34.7 Å². The van der Waals surface area contributed by atoms with Crippen molar-refractivity contribution in [1.82, 2.24) is 10.9 Å². The number of carbonyl (C=O) groups excluding carboxylic acids is 3. The van der Waals surface area contributed by atoms with E-state index in [9.17, 15) is 14.4 Å². The second kappa shape index (κ2) is 9.75. The Morgan fingerprint density at radius 3 is 2.31 bits per heavy atom. The van der Waals surface area contributed by atoms with Crippen LogP contribution in [-0.2, 0) is 9.59 Å². The lowest BCUT2D eigenvalue weighted by atomic mass is 10.1. The van der Waals surface area contributed by atoms with Crippen molar-refractivity contribution in [1.29, 1.82) is 0 Å². The lowest BCUT2D eigenvalue weighted by Gasteiger charge is -2.07. The van der Waals surface area contributed by atoms with Gasteiger partial charge in [-0.1, -0.05) is 11.6 Å². The van der Waals surface area contributed by atoms with Crippen molar-refractivity contribution in [3.63, 3.8) is 0 Å². The van der Waals surface area contributed by atoms with Gasteiger partial charge in [0.05, 0.1) is 5.75 Å². The molecule has 0 aliphatic rings. The van der Waals surface area contributed by atoms with Crippen LogP contribution in [0.5, 0.6) is 0 Å². The number of Topliss-reactive ketones (excluding diaryl/α,β-unsaturated/α-hetero) is 1. The number of amides is 2. The minimum atomic E-state index is -0.396. The molecule has 0 radical (unpaired) electrons. The van der Waals surface area contributed by atoms with E-state index >= 15 is 0 Å². The number of ketones is 1. The second-order valence-corrected chi connectivity index (χ2v) is 8.53. The van der Waals surface area contributed by atoms with Crippen molar-refractivity contribution in [2.75, 3.05) is 5.75 Å². The van der Waals surface area contributed by atoms with Gasteiger partial charge in [-0.15, -0.1) is 23.1 Å². The number of aryl methyl sites for hydroxylation is 2. The first kappa shape index (κ1) is 20.5.